The molecule has 1 amide bonds. The first-order chi connectivity index (χ1) is 11.6. The molecule has 2 unspecified atom stereocenters. The van der Waals surface area contributed by atoms with E-state index in [1.54, 1.807) is 0 Å². The number of piperidine rings is 1. The number of nitrogens with zero attached hydrogens (tertiary/aromatic N) is 1. The Morgan fingerprint density at radius 1 is 1.15 bits per heavy atom. The molecule has 1 aromatic rings. The second kappa shape index (κ2) is 11.1. The number of benzene rings is 1. The van der Waals surface area contributed by atoms with Crippen molar-refractivity contribution in [1.82, 2.24) is 10.2 Å². The second-order valence-corrected chi connectivity index (χ2v) is 7.12. The molecule has 7 heteroatoms. The smallest absolute Gasteiger partial charge is 0.227 e. The maximum Gasteiger partial charge on any atom is 0.227 e. The number of nitrogens with one attached hydrogen (secondary N) is 2. The van der Waals surface area contributed by atoms with Crippen molar-refractivity contribution in [2.45, 2.75) is 45.4 Å². The Kier molecular flexibility index (Phi) is 9.90. The number of carbonyl (C=O) groups excluding carboxylic acids is 1. The van der Waals surface area contributed by atoms with E-state index in [0.29, 0.717) is 0 Å². The average molecular weight is 404 g/mol. The van der Waals surface area contributed by atoms with Crippen LogP contribution in [0.3, 0.4) is 0 Å². The van der Waals surface area contributed by atoms with Gasteiger partial charge in [-0.25, -0.2) is 0 Å². The predicted molar refractivity (Wildman–Crippen MR) is 110 cm³/mol. The van der Waals surface area contributed by atoms with Crippen molar-refractivity contribution >= 4 is 36.4 Å². The molecule has 5 nitrogen and oxygen atoms in total. The summed E-state index contributed by atoms with van der Waals surface area (Å²) < 4.78 is 5.81. The molecule has 1 aromatic carbocycles. The van der Waals surface area contributed by atoms with Crippen molar-refractivity contribution < 1.29 is 9.53 Å². The molecule has 2 N–H and O–H groups in total. The zero-order chi connectivity index (χ0) is 16.9. The molecule has 0 aliphatic carbocycles. The molecule has 2 aliphatic heterocycles. The predicted octanol–water partition coefficient (Wildman–Crippen LogP) is 3.08. The zero-order valence-electron chi connectivity index (χ0n) is 15.6. The number of hydrogen-bond acceptors (Lipinski definition) is 4. The molecule has 2 saturated heterocycles. The molecule has 3 rings (SSSR count). The Balaban J connectivity index is 0.00000169. The van der Waals surface area contributed by atoms with Gasteiger partial charge < -0.3 is 15.4 Å². The van der Waals surface area contributed by atoms with Crippen LogP contribution >= 0.6 is 24.8 Å². The Morgan fingerprint density at radius 2 is 1.77 bits per heavy atom. The zero-order valence-corrected chi connectivity index (χ0v) is 17.2. The van der Waals surface area contributed by atoms with Crippen LogP contribution < -0.4 is 10.6 Å². The number of para-hydroxylation sites is 1. The molecule has 0 bridgehead atoms. The average Bonchev–Trinajstić information content (AvgIpc) is 2.56. The van der Waals surface area contributed by atoms with E-state index in [4.69, 9.17) is 4.74 Å². The lowest BCUT2D eigenvalue weighted by Gasteiger charge is -2.35. The highest BCUT2D eigenvalue weighted by atomic mass is 35.5. The van der Waals surface area contributed by atoms with Crippen LogP contribution in [0.2, 0.25) is 0 Å². The first kappa shape index (κ1) is 23.2. The fraction of sp³-hybridized carbons (Fsp3) is 0.632. The maximum atomic E-state index is 12.5. The van der Waals surface area contributed by atoms with Crippen LogP contribution in [-0.4, -0.2) is 49.2 Å². The van der Waals surface area contributed by atoms with Gasteiger partial charge in [0.15, 0.2) is 0 Å². The van der Waals surface area contributed by atoms with Crippen molar-refractivity contribution in [3.63, 3.8) is 0 Å². The summed E-state index contributed by atoms with van der Waals surface area (Å²) in [7, 11) is 0. The monoisotopic (exact) mass is 403 g/mol. The quantitative estimate of drug-likeness (QED) is 0.810. The van der Waals surface area contributed by atoms with Gasteiger partial charge in [-0.15, -0.1) is 24.8 Å². The summed E-state index contributed by atoms with van der Waals surface area (Å²) in [5, 5.41) is 6.48. The number of carbonyl (C=O) groups is 1. The number of ether oxygens (including phenoxy) is 1. The molecule has 2 fully saturated rings. The van der Waals surface area contributed by atoms with Gasteiger partial charge in [-0.1, -0.05) is 18.2 Å². The summed E-state index contributed by atoms with van der Waals surface area (Å²) in [6.45, 7) is 8.82. The first-order valence-corrected chi connectivity index (χ1v) is 9.09. The number of rotatable bonds is 4. The van der Waals surface area contributed by atoms with Gasteiger partial charge in [-0.3, -0.25) is 9.69 Å². The normalized spacial score (nSPS) is 24.2. The standard InChI is InChI=1S/C19H29N3O2.2ClH/c1-14-11-22(12-15(2)24-14)13-17-5-3-4-6-18(17)21-19(23)16-7-9-20-10-8-16;;/h3-6,14-16,20H,7-13H2,1-2H3,(H,21,23);2*1H. The van der Waals surface area contributed by atoms with E-state index in [-0.39, 0.29) is 48.8 Å². The van der Waals surface area contributed by atoms with Crippen LogP contribution in [0.15, 0.2) is 24.3 Å². The highest BCUT2D eigenvalue weighted by Crippen LogP contribution is 2.22. The fourth-order valence-electron chi connectivity index (χ4n) is 3.75. The van der Waals surface area contributed by atoms with Gasteiger partial charge in [-0.2, -0.15) is 0 Å². The van der Waals surface area contributed by atoms with Gasteiger partial charge in [0.25, 0.3) is 0 Å². The molecule has 2 aliphatic rings. The molecular weight excluding hydrogens is 373 g/mol. The van der Waals surface area contributed by atoms with Crippen LogP contribution in [0.1, 0.15) is 32.3 Å². The lowest BCUT2D eigenvalue weighted by atomic mass is 9.97. The van der Waals surface area contributed by atoms with E-state index in [2.05, 4.69) is 35.4 Å². The summed E-state index contributed by atoms with van der Waals surface area (Å²) in [5.74, 6) is 0.287. The number of hydrogen-bond donors (Lipinski definition) is 2. The van der Waals surface area contributed by atoms with E-state index in [0.717, 1.165) is 51.3 Å². The summed E-state index contributed by atoms with van der Waals surface area (Å²) >= 11 is 0. The lowest BCUT2D eigenvalue weighted by molar-refractivity contribution is -0.120. The molecule has 148 valence electrons. The minimum absolute atomic E-state index is 0. The third kappa shape index (κ3) is 6.39. The number of morpholine rings is 1. The molecule has 26 heavy (non-hydrogen) atoms. The largest absolute Gasteiger partial charge is 0.373 e. The molecule has 0 aromatic heterocycles. The Labute approximate surface area is 169 Å². The Hall–Kier alpha value is -0.850. The molecule has 2 atom stereocenters. The van der Waals surface area contributed by atoms with Crippen LogP contribution in [-0.2, 0) is 16.1 Å². The minimum atomic E-state index is 0. The highest BCUT2D eigenvalue weighted by Gasteiger charge is 2.24. The van der Waals surface area contributed by atoms with Gasteiger partial charge in [0.2, 0.25) is 5.91 Å². The molecule has 0 spiro atoms. The Morgan fingerprint density at radius 3 is 2.42 bits per heavy atom. The molecular formula is C19H31Cl2N3O2. The van der Waals surface area contributed by atoms with Crippen LogP contribution in [0.5, 0.6) is 0 Å². The van der Waals surface area contributed by atoms with Crippen molar-refractivity contribution in [3.05, 3.63) is 29.8 Å². The Bertz CT molecular complexity index is 557. The number of halogens is 2. The SMILES string of the molecule is CC1CN(Cc2ccccc2NC(=O)C2CCNCC2)CC(C)O1.Cl.Cl. The van der Waals surface area contributed by atoms with Crippen molar-refractivity contribution in [1.29, 1.82) is 0 Å². The minimum Gasteiger partial charge on any atom is -0.373 e. The van der Waals surface area contributed by atoms with E-state index in [1.165, 1.54) is 5.56 Å². The fourth-order valence-corrected chi connectivity index (χ4v) is 3.75. The van der Waals surface area contributed by atoms with Gasteiger partial charge in [0.1, 0.15) is 0 Å². The van der Waals surface area contributed by atoms with E-state index < -0.39 is 0 Å². The number of anilines is 1. The molecule has 2 heterocycles. The summed E-state index contributed by atoms with van der Waals surface area (Å²) in [4.78, 5) is 15.0. The van der Waals surface area contributed by atoms with Crippen LogP contribution in [0, 0.1) is 5.92 Å². The van der Waals surface area contributed by atoms with Gasteiger partial charge in [-0.05, 0) is 51.4 Å². The van der Waals surface area contributed by atoms with E-state index in [1.807, 2.05) is 18.2 Å². The van der Waals surface area contributed by atoms with Gasteiger partial charge >= 0.3 is 0 Å². The highest BCUT2D eigenvalue weighted by molar-refractivity contribution is 5.93. The molecule has 0 radical (unpaired) electrons. The van der Waals surface area contributed by atoms with E-state index >= 15 is 0 Å². The van der Waals surface area contributed by atoms with Crippen molar-refractivity contribution in [3.8, 4) is 0 Å². The summed E-state index contributed by atoms with van der Waals surface area (Å²) in [6.07, 6.45) is 2.36. The van der Waals surface area contributed by atoms with Crippen LogP contribution in [0.25, 0.3) is 0 Å². The van der Waals surface area contributed by atoms with Crippen molar-refractivity contribution in [2.24, 2.45) is 5.92 Å². The number of amides is 1. The third-order valence-electron chi connectivity index (χ3n) is 4.87. The lowest BCUT2D eigenvalue weighted by Crippen LogP contribution is -2.44. The summed E-state index contributed by atoms with van der Waals surface area (Å²) in [5.41, 5.74) is 2.13. The summed E-state index contributed by atoms with van der Waals surface area (Å²) in [6, 6.07) is 8.17. The maximum absolute atomic E-state index is 12.5. The topological polar surface area (TPSA) is 53.6 Å². The second-order valence-electron chi connectivity index (χ2n) is 7.12. The van der Waals surface area contributed by atoms with Gasteiger partial charge in [0.05, 0.1) is 12.2 Å². The van der Waals surface area contributed by atoms with E-state index in [9.17, 15) is 4.79 Å². The van der Waals surface area contributed by atoms with Crippen LogP contribution in [0.4, 0.5) is 5.69 Å². The first-order valence-electron chi connectivity index (χ1n) is 9.09. The van der Waals surface area contributed by atoms with Gasteiger partial charge in [0, 0.05) is 31.2 Å². The van der Waals surface area contributed by atoms with Crippen molar-refractivity contribution in [2.75, 3.05) is 31.5 Å². The molecule has 0 saturated carbocycles. The third-order valence-corrected chi connectivity index (χ3v) is 4.87.